The number of amides is 2. The second-order valence-electron chi connectivity index (χ2n) is 4.66. The highest BCUT2D eigenvalue weighted by Crippen LogP contribution is 2.08. The number of ether oxygens (including phenoxy) is 2. The Labute approximate surface area is 135 Å². The van der Waals surface area contributed by atoms with Crippen LogP contribution in [0.2, 0.25) is 0 Å². The number of likely N-dealkylation sites (N-methyl/N-ethyl adjacent to an activating group) is 1. The Morgan fingerprint density at radius 3 is 2.48 bits per heavy atom. The molecule has 0 aromatic heterocycles. The van der Waals surface area contributed by atoms with E-state index >= 15 is 0 Å². The van der Waals surface area contributed by atoms with E-state index in [2.05, 4.69) is 10.6 Å². The monoisotopic (exact) mass is 322 g/mol. The van der Waals surface area contributed by atoms with Gasteiger partial charge in [0.2, 0.25) is 5.91 Å². The maximum atomic E-state index is 11.5. The average Bonchev–Trinajstić information content (AvgIpc) is 2.56. The molecule has 0 radical (unpaired) electrons. The SMILES string of the molecule is CCNC(=O)CNC(=O)COC(=O)CCCOc1ccccc1. The van der Waals surface area contributed by atoms with E-state index in [1.807, 2.05) is 30.3 Å². The molecule has 1 aromatic rings. The fourth-order valence-corrected chi connectivity index (χ4v) is 1.63. The van der Waals surface area contributed by atoms with Gasteiger partial charge in [-0.05, 0) is 25.5 Å². The zero-order valence-electron chi connectivity index (χ0n) is 13.2. The number of rotatable bonds is 10. The molecule has 0 spiro atoms. The fourth-order valence-electron chi connectivity index (χ4n) is 1.63. The van der Waals surface area contributed by atoms with Crippen molar-refractivity contribution in [2.45, 2.75) is 19.8 Å². The third-order valence-corrected chi connectivity index (χ3v) is 2.72. The summed E-state index contributed by atoms with van der Waals surface area (Å²) >= 11 is 0. The summed E-state index contributed by atoms with van der Waals surface area (Å²) < 4.78 is 10.2. The van der Waals surface area contributed by atoms with Gasteiger partial charge in [-0.25, -0.2) is 0 Å². The van der Waals surface area contributed by atoms with Crippen LogP contribution in [0.5, 0.6) is 5.75 Å². The third kappa shape index (κ3) is 9.13. The van der Waals surface area contributed by atoms with Crippen LogP contribution in [0, 0.1) is 0 Å². The molecule has 0 saturated heterocycles. The van der Waals surface area contributed by atoms with Crippen molar-refractivity contribution in [3.05, 3.63) is 30.3 Å². The van der Waals surface area contributed by atoms with Crippen LogP contribution in [0.4, 0.5) is 0 Å². The van der Waals surface area contributed by atoms with Crippen molar-refractivity contribution in [2.24, 2.45) is 0 Å². The normalized spacial score (nSPS) is 9.78. The van der Waals surface area contributed by atoms with Crippen LogP contribution in [0.1, 0.15) is 19.8 Å². The van der Waals surface area contributed by atoms with Gasteiger partial charge in [0, 0.05) is 13.0 Å². The molecule has 1 rings (SSSR count). The molecule has 0 atom stereocenters. The van der Waals surface area contributed by atoms with Crippen LogP contribution in [0.15, 0.2) is 30.3 Å². The fraction of sp³-hybridized carbons (Fsp3) is 0.438. The molecule has 7 heteroatoms. The van der Waals surface area contributed by atoms with Crippen LogP contribution in [-0.4, -0.2) is 44.1 Å². The molecular formula is C16H22N2O5. The summed E-state index contributed by atoms with van der Waals surface area (Å²) in [5, 5.41) is 4.90. The topological polar surface area (TPSA) is 93.7 Å². The summed E-state index contributed by atoms with van der Waals surface area (Å²) in [6, 6.07) is 9.28. The second-order valence-corrected chi connectivity index (χ2v) is 4.66. The standard InChI is InChI=1S/C16H22N2O5/c1-2-17-14(19)11-18-15(20)12-23-16(21)9-6-10-22-13-7-4-3-5-8-13/h3-5,7-8H,2,6,9-12H2,1H3,(H,17,19)(H,18,20). The van der Waals surface area contributed by atoms with Crippen molar-refractivity contribution in [3.63, 3.8) is 0 Å². The van der Waals surface area contributed by atoms with Crippen LogP contribution in [0.25, 0.3) is 0 Å². The Morgan fingerprint density at radius 2 is 1.78 bits per heavy atom. The van der Waals surface area contributed by atoms with Crippen LogP contribution in [-0.2, 0) is 19.1 Å². The highest BCUT2D eigenvalue weighted by atomic mass is 16.5. The summed E-state index contributed by atoms with van der Waals surface area (Å²) in [6.45, 7) is 2.15. The first-order chi connectivity index (χ1) is 11.1. The van der Waals surface area contributed by atoms with E-state index in [9.17, 15) is 14.4 Å². The molecular weight excluding hydrogens is 300 g/mol. The number of hydrogen-bond acceptors (Lipinski definition) is 5. The quantitative estimate of drug-likeness (QED) is 0.487. The molecule has 0 fully saturated rings. The molecule has 126 valence electrons. The molecule has 2 N–H and O–H groups in total. The van der Waals surface area contributed by atoms with Crippen LogP contribution in [0.3, 0.4) is 0 Å². The predicted molar refractivity (Wildman–Crippen MR) is 83.8 cm³/mol. The summed E-state index contributed by atoms with van der Waals surface area (Å²) in [5.41, 5.74) is 0. The maximum Gasteiger partial charge on any atom is 0.306 e. The Hall–Kier alpha value is -2.57. The van der Waals surface area contributed by atoms with Gasteiger partial charge < -0.3 is 20.1 Å². The lowest BCUT2D eigenvalue weighted by molar-refractivity contribution is -0.148. The van der Waals surface area contributed by atoms with Gasteiger partial charge in [0.25, 0.3) is 5.91 Å². The number of para-hydroxylation sites is 1. The van der Waals surface area contributed by atoms with E-state index in [0.29, 0.717) is 19.6 Å². The van der Waals surface area contributed by atoms with Gasteiger partial charge in [0.1, 0.15) is 5.75 Å². The molecule has 1 aromatic carbocycles. The number of hydrogen-bond donors (Lipinski definition) is 2. The highest BCUT2D eigenvalue weighted by molar-refractivity contribution is 5.86. The highest BCUT2D eigenvalue weighted by Gasteiger charge is 2.08. The lowest BCUT2D eigenvalue weighted by atomic mass is 10.3. The summed E-state index contributed by atoms with van der Waals surface area (Å²) in [6.07, 6.45) is 0.657. The van der Waals surface area contributed by atoms with Crippen LogP contribution >= 0.6 is 0 Å². The first-order valence-electron chi connectivity index (χ1n) is 7.48. The largest absolute Gasteiger partial charge is 0.494 e. The smallest absolute Gasteiger partial charge is 0.306 e. The zero-order valence-corrected chi connectivity index (χ0v) is 13.2. The lowest BCUT2D eigenvalue weighted by Crippen LogP contribution is -2.38. The minimum atomic E-state index is -0.509. The molecule has 7 nitrogen and oxygen atoms in total. The minimum Gasteiger partial charge on any atom is -0.494 e. The lowest BCUT2D eigenvalue weighted by Gasteiger charge is -2.07. The van der Waals surface area contributed by atoms with Gasteiger partial charge >= 0.3 is 5.97 Å². The molecule has 0 aliphatic carbocycles. The van der Waals surface area contributed by atoms with Crippen molar-refractivity contribution >= 4 is 17.8 Å². The molecule has 0 saturated carbocycles. The Morgan fingerprint density at radius 1 is 1.04 bits per heavy atom. The summed E-state index contributed by atoms with van der Waals surface area (Å²) in [7, 11) is 0. The third-order valence-electron chi connectivity index (χ3n) is 2.72. The first-order valence-corrected chi connectivity index (χ1v) is 7.48. The Balaban J connectivity index is 2.05. The van der Waals surface area contributed by atoms with E-state index in [1.165, 1.54) is 0 Å². The number of carbonyl (C=O) groups is 3. The minimum absolute atomic E-state index is 0.130. The molecule has 0 bridgehead atoms. The van der Waals surface area contributed by atoms with Gasteiger partial charge in [0.05, 0.1) is 13.2 Å². The second kappa shape index (κ2) is 11.1. The van der Waals surface area contributed by atoms with Gasteiger partial charge in [0.15, 0.2) is 6.61 Å². The summed E-state index contributed by atoms with van der Waals surface area (Å²) in [5.74, 6) is -0.532. The number of benzene rings is 1. The van der Waals surface area contributed by atoms with E-state index in [0.717, 1.165) is 5.75 Å². The van der Waals surface area contributed by atoms with Crippen molar-refractivity contribution < 1.29 is 23.9 Å². The Kier molecular flexibility index (Phi) is 8.88. The molecule has 0 aliphatic rings. The van der Waals surface area contributed by atoms with Gasteiger partial charge in [-0.1, -0.05) is 18.2 Å². The predicted octanol–water partition coefficient (Wildman–Crippen LogP) is 0.641. The number of esters is 1. The molecule has 2 amide bonds. The number of nitrogens with one attached hydrogen (secondary N) is 2. The van der Waals surface area contributed by atoms with Crippen LogP contribution < -0.4 is 15.4 Å². The molecule has 0 heterocycles. The Bertz CT molecular complexity index is 504. The van der Waals surface area contributed by atoms with Gasteiger partial charge in [-0.15, -0.1) is 0 Å². The maximum absolute atomic E-state index is 11.5. The molecule has 0 unspecified atom stereocenters. The van der Waals surface area contributed by atoms with E-state index in [-0.39, 0.29) is 18.9 Å². The first kappa shape index (κ1) is 18.5. The van der Waals surface area contributed by atoms with E-state index in [1.54, 1.807) is 6.92 Å². The zero-order chi connectivity index (χ0) is 16.9. The molecule has 23 heavy (non-hydrogen) atoms. The van der Waals surface area contributed by atoms with Gasteiger partial charge in [-0.2, -0.15) is 0 Å². The number of carbonyl (C=O) groups excluding carboxylic acids is 3. The summed E-state index contributed by atoms with van der Waals surface area (Å²) in [4.78, 5) is 34.0. The van der Waals surface area contributed by atoms with Gasteiger partial charge in [-0.3, -0.25) is 14.4 Å². The van der Waals surface area contributed by atoms with Crippen molar-refractivity contribution in [1.82, 2.24) is 10.6 Å². The van der Waals surface area contributed by atoms with Crippen molar-refractivity contribution in [3.8, 4) is 5.75 Å². The van der Waals surface area contributed by atoms with E-state index in [4.69, 9.17) is 9.47 Å². The van der Waals surface area contributed by atoms with Crippen molar-refractivity contribution in [2.75, 3.05) is 26.3 Å². The average molecular weight is 322 g/mol. The van der Waals surface area contributed by atoms with E-state index < -0.39 is 18.5 Å². The van der Waals surface area contributed by atoms with Crippen molar-refractivity contribution in [1.29, 1.82) is 0 Å². The molecule has 0 aliphatic heterocycles.